The normalized spacial score (nSPS) is 16.5. The van der Waals surface area contributed by atoms with Crippen molar-refractivity contribution >= 4 is 34.9 Å². The van der Waals surface area contributed by atoms with E-state index in [1.165, 1.54) is 11.3 Å². The van der Waals surface area contributed by atoms with Crippen LogP contribution in [0.4, 0.5) is 4.79 Å². The summed E-state index contributed by atoms with van der Waals surface area (Å²) in [7, 11) is 1.98. The third-order valence-corrected chi connectivity index (χ3v) is 4.34. The van der Waals surface area contributed by atoms with Crippen LogP contribution in [0.3, 0.4) is 0 Å². The Morgan fingerprint density at radius 3 is 2.53 bits per heavy atom. The molecule has 2 heterocycles. The summed E-state index contributed by atoms with van der Waals surface area (Å²) in [5, 5.41) is 2.64. The fourth-order valence-corrected chi connectivity index (χ4v) is 2.86. The molecule has 0 aliphatic carbocycles. The molecule has 2 rings (SSSR count). The van der Waals surface area contributed by atoms with Gasteiger partial charge < -0.3 is 9.80 Å². The fraction of sp³-hybridized carbons (Fsp3) is 0.455. The molecule has 1 aromatic heterocycles. The highest BCUT2D eigenvalue weighted by molar-refractivity contribution is 7.12. The Labute approximate surface area is 120 Å². The van der Waals surface area contributed by atoms with Gasteiger partial charge in [-0.15, -0.1) is 11.3 Å². The van der Waals surface area contributed by atoms with E-state index in [0.717, 1.165) is 13.1 Å². The first kappa shape index (κ1) is 14.3. The molecule has 8 heteroatoms. The molecule has 0 atom stereocenters. The van der Waals surface area contributed by atoms with Crippen LogP contribution in [0.25, 0.3) is 0 Å². The van der Waals surface area contributed by atoms with Crippen molar-refractivity contribution in [2.75, 3.05) is 33.2 Å². The Kier molecular flexibility index (Phi) is 4.41. The lowest BCUT2D eigenvalue weighted by Gasteiger charge is -2.33. The van der Waals surface area contributed by atoms with E-state index in [-0.39, 0.29) is 4.88 Å². The largest absolute Gasteiger partial charge is 0.341 e. The van der Waals surface area contributed by atoms with Crippen LogP contribution in [0.1, 0.15) is 9.67 Å². The second-order valence-electron chi connectivity index (χ2n) is 4.35. The molecule has 1 aromatic rings. The van der Waals surface area contributed by atoms with Crippen LogP contribution < -0.4 is 5.84 Å². The second-order valence-corrected chi connectivity index (χ2v) is 5.67. The third-order valence-electron chi connectivity index (χ3n) is 3.01. The number of hydrogen-bond donors (Lipinski definition) is 1. The number of hydrazine groups is 1. The number of imide groups is 1. The topological polar surface area (TPSA) is 69.9 Å². The molecule has 2 N–H and O–H groups in total. The molecule has 0 saturated carbocycles. The molecule has 0 spiro atoms. The van der Waals surface area contributed by atoms with Crippen molar-refractivity contribution < 1.29 is 9.59 Å². The van der Waals surface area contributed by atoms with Crippen LogP contribution in [0.2, 0.25) is 5.02 Å². The zero-order valence-electron chi connectivity index (χ0n) is 10.5. The first-order valence-electron chi connectivity index (χ1n) is 5.80. The summed E-state index contributed by atoms with van der Waals surface area (Å²) >= 11 is 7.03. The van der Waals surface area contributed by atoms with Crippen LogP contribution >= 0.6 is 22.9 Å². The summed E-state index contributed by atoms with van der Waals surface area (Å²) in [6.45, 7) is 2.67. The van der Waals surface area contributed by atoms with Gasteiger partial charge in [-0.1, -0.05) is 11.6 Å². The van der Waals surface area contributed by atoms with Crippen molar-refractivity contribution in [2.24, 2.45) is 5.84 Å². The Hall–Kier alpha value is -1.15. The summed E-state index contributed by atoms with van der Waals surface area (Å²) < 4.78 is 0. The van der Waals surface area contributed by atoms with Gasteiger partial charge in [0.15, 0.2) is 0 Å². The molecule has 0 bridgehead atoms. The van der Waals surface area contributed by atoms with Crippen molar-refractivity contribution in [1.29, 1.82) is 0 Å². The third kappa shape index (κ3) is 3.06. The quantitative estimate of drug-likeness (QED) is 0.479. The fourth-order valence-electron chi connectivity index (χ4n) is 1.79. The lowest BCUT2D eigenvalue weighted by atomic mass is 10.3. The smallest absolute Gasteiger partial charge is 0.321 e. The van der Waals surface area contributed by atoms with E-state index in [4.69, 9.17) is 17.4 Å². The van der Waals surface area contributed by atoms with E-state index in [1.807, 2.05) is 7.05 Å². The van der Waals surface area contributed by atoms with E-state index in [9.17, 15) is 9.59 Å². The highest BCUT2D eigenvalue weighted by atomic mass is 35.5. The summed E-state index contributed by atoms with van der Waals surface area (Å²) in [5.74, 6) is 5.05. The van der Waals surface area contributed by atoms with Gasteiger partial charge in [0, 0.05) is 26.2 Å². The lowest BCUT2D eigenvalue weighted by Crippen LogP contribution is -2.55. The van der Waals surface area contributed by atoms with Gasteiger partial charge in [0.05, 0.1) is 5.02 Å². The standard InChI is InChI=1S/C11H15ClN4O2S/c1-14-3-5-15(6-4-14)11(18)16(13)10(17)9-8(12)2-7-19-9/h2,7H,3-6,13H2,1H3. The second kappa shape index (κ2) is 5.87. The number of thiophene rings is 1. The number of amides is 3. The molecule has 6 nitrogen and oxygen atoms in total. The van der Waals surface area contributed by atoms with Crippen LogP contribution in [0, 0.1) is 0 Å². The molecule has 1 aliphatic heterocycles. The molecule has 104 valence electrons. The zero-order valence-corrected chi connectivity index (χ0v) is 12.1. The lowest BCUT2D eigenvalue weighted by molar-refractivity contribution is 0.0732. The van der Waals surface area contributed by atoms with Gasteiger partial charge >= 0.3 is 6.03 Å². The Balaban J connectivity index is 2.03. The van der Waals surface area contributed by atoms with Crippen LogP contribution in [-0.2, 0) is 0 Å². The monoisotopic (exact) mass is 302 g/mol. The van der Waals surface area contributed by atoms with Crippen molar-refractivity contribution in [3.05, 3.63) is 21.3 Å². The van der Waals surface area contributed by atoms with Gasteiger partial charge in [-0.25, -0.2) is 10.6 Å². The number of carbonyl (C=O) groups excluding carboxylic acids is 2. The first-order chi connectivity index (χ1) is 9.00. The molecule has 1 aliphatic rings. The van der Waals surface area contributed by atoms with E-state index in [2.05, 4.69) is 4.90 Å². The molecule has 19 heavy (non-hydrogen) atoms. The molecule has 0 radical (unpaired) electrons. The average Bonchev–Trinajstić information content (AvgIpc) is 2.83. The summed E-state index contributed by atoms with van der Waals surface area (Å²) in [4.78, 5) is 28.1. The predicted molar refractivity (Wildman–Crippen MR) is 74.2 cm³/mol. The van der Waals surface area contributed by atoms with Gasteiger partial charge in [-0.2, -0.15) is 5.01 Å². The highest BCUT2D eigenvalue weighted by Crippen LogP contribution is 2.23. The molecular formula is C11H15ClN4O2S. The number of carbonyl (C=O) groups is 2. The minimum Gasteiger partial charge on any atom is -0.321 e. The highest BCUT2D eigenvalue weighted by Gasteiger charge is 2.28. The molecule has 3 amide bonds. The van der Waals surface area contributed by atoms with Crippen LogP contribution in [-0.4, -0.2) is 60.0 Å². The van der Waals surface area contributed by atoms with E-state index < -0.39 is 11.9 Å². The SMILES string of the molecule is CN1CCN(C(=O)N(N)C(=O)c2sccc2Cl)CC1. The number of urea groups is 1. The maximum Gasteiger partial charge on any atom is 0.341 e. The molecule has 1 fully saturated rings. The number of piperazine rings is 1. The Bertz CT molecular complexity index is 485. The summed E-state index contributed by atoms with van der Waals surface area (Å²) in [5.41, 5.74) is 0. The number of nitrogens with zero attached hydrogens (tertiary/aromatic N) is 3. The zero-order chi connectivity index (χ0) is 14.0. The van der Waals surface area contributed by atoms with Crippen molar-refractivity contribution in [3.63, 3.8) is 0 Å². The van der Waals surface area contributed by atoms with E-state index in [1.54, 1.807) is 16.3 Å². The van der Waals surface area contributed by atoms with Gasteiger partial charge in [-0.05, 0) is 18.5 Å². The van der Waals surface area contributed by atoms with Crippen LogP contribution in [0.15, 0.2) is 11.4 Å². The first-order valence-corrected chi connectivity index (χ1v) is 7.06. The number of rotatable bonds is 1. The summed E-state index contributed by atoms with van der Waals surface area (Å²) in [6.07, 6.45) is 0. The number of halogens is 1. The summed E-state index contributed by atoms with van der Waals surface area (Å²) in [6, 6.07) is 1.12. The van der Waals surface area contributed by atoms with Crippen molar-refractivity contribution in [1.82, 2.24) is 14.8 Å². The van der Waals surface area contributed by atoms with Crippen LogP contribution in [0.5, 0.6) is 0 Å². The van der Waals surface area contributed by atoms with E-state index in [0.29, 0.717) is 23.1 Å². The minimum atomic E-state index is -0.566. The van der Waals surface area contributed by atoms with Gasteiger partial charge in [0.25, 0.3) is 5.91 Å². The average molecular weight is 303 g/mol. The molecule has 0 unspecified atom stereocenters. The molecule has 1 saturated heterocycles. The number of nitrogens with two attached hydrogens (primary N) is 1. The van der Waals surface area contributed by atoms with Gasteiger partial charge in [0.2, 0.25) is 0 Å². The number of hydrogen-bond acceptors (Lipinski definition) is 5. The molecule has 0 aromatic carbocycles. The van der Waals surface area contributed by atoms with E-state index >= 15 is 0 Å². The predicted octanol–water partition coefficient (Wildman–Crippen LogP) is 1.08. The van der Waals surface area contributed by atoms with Crippen molar-refractivity contribution in [3.8, 4) is 0 Å². The molecular weight excluding hydrogens is 288 g/mol. The Morgan fingerprint density at radius 2 is 2.00 bits per heavy atom. The van der Waals surface area contributed by atoms with Gasteiger partial charge in [-0.3, -0.25) is 4.79 Å². The maximum atomic E-state index is 12.1. The Morgan fingerprint density at radius 1 is 1.37 bits per heavy atom. The van der Waals surface area contributed by atoms with Gasteiger partial charge in [0.1, 0.15) is 4.88 Å². The maximum absolute atomic E-state index is 12.1. The number of likely N-dealkylation sites (N-methyl/N-ethyl adjacent to an activating group) is 1. The minimum absolute atomic E-state index is 0.284. The van der Waals surface area contributed by atoms with Crippen molar-refractivity contribution in [2.45, 2.75) is 0 Å².